The Morgan fingerprint density at radius 2 is 2.45 bits per heavy atom. The van der Waals surface area contributed by atoms with Crippen molar-refractivity contribution in [2.45, 2.75) is 24.0 Å². The summed E-state index contributed by atoms with van der Waals surface area (Å²) in [5, 5.41) is 19.7. The van der Waals surface area contributed by atoms with Gasteiger partial charge in [0, 0.05) is 13.3 Å². The van der Waals surface area contributed by atoms with E-state index >= 15 is 0 Å². The van der Waals surface area contributed by atoms with Gasteiger partial charge in [-0.15, -0.1) is 6.42 Å². The summed E-state index contributed by atoms with van der Waals surface area (Å²) in [5.74, 6) is 2.22. The lowest BCUT2D eigenvalue weighted by atomic mass is 9.93. The van der Waals surface area contributed by atoms with Gasteiger partial charge in [0.25, 0.3) is 0 Å². The third kappa shape index (κ3) is 2.07. The van der Waals surface area contributed by atoms with Crippen LogP contribution in [0.4, 0.5) is 5.82 Å². The lowest BCUT2D eigenvalue weighted by Crippen LogP contribution is -2.49. The number of ether oxygens (including phenoxy) is 2. The van der Waals surface area contributed by atoms with E-state index in [1.807, 2.05) is 0 Å². The van der Waals surface area contributed by atoms with Crippen LogP contribution in [0.3, 0.4) is 0 Å². The highest BCUT2D eigenvalue weighted by Crippen LogP contribution is 2.37. The number of methoxy groups -OCH3 is 1. The molecule has 1 fully saturated rings. The maximum Gasteiger partial charge on any atom is 0.351 e. The fourth-order valence-corrected chi connectivity index (χ4v) is 2.23. The Labute approximate surface area is 114 Å². The van der Waals surface area contributed by atoms with Crippen molar-refractivity contribution >= 4 is 5.82 Å². The molecule has 0 amide bonds. The molecule has 0 spiro atoms. The van der Waals surface area contributed by atoms with E-state index in [2.05, 4.69) is 10.9 Å². The molecule has 4 atom stereocenters. The molecular formula is C12H15N3O5. The van der Waals surface area contributed by atoms with E-state index in [0.717, 1.165) is 4.57 Å². The van der Waals surface area contributed by atoms with Gasteiger partial charge in [-0.1, -0.05) is 5.92 Å². The van der Waals surface area contributed by atoms with Gasteiger partial charge in [-0.05, 0) is 6.07 Å². The summed E-state index contributed by atoms with van der Waals surface area (Å²) in [4.78, 5) is 15.4. The monoisotopic (exact) mass is 281 g/mol. The van der Waals surface area contributed by atoms with Crippen molar-refractivity contribution in [3.05, 3.63) is 22.7 Å². The van der Waals surface area contributed by atoms with E-state index in [0.29, 0.717) is 0 Å². The Kier molecular flexibility index (Phi) is 3.78. The van der Waals surface area contributed by atoms with Crippen LogP contribution in [0.15, 0.2) is 17.1 Å². The van der Waals surface area contributed by atoms with Gasteiger partial charge >= 0.3 is 5.69 Å². The van der Waals surface area contributed by atoms with Crippen molar-refractivity contribution in [3.63, 3.8) is 0 Å². The molecule has 8 nitrogen and oxygen atoms in total. The Balaban J connectivity index is 2.47. The van der Waals surface area contributed by atoms with E-state index in [-0.39, 0.29) is 5.82 Å². The van der Waals surface area contributed by atoms with E-state index in [1.165, 1.54) is 19.4 Å². The highest BCUT2D eigenvalue weighted by molar-refractivity contribution is 5.25. The molecule has 1 aliphatic rings. The summed E-state index contributed by atoms with van der Waals surface area (Å²) in [5.41, 5.74) is 2.88. The predicted octanol–water partition coefficient (Wildman–Crippen LogP) is -1.91. The topological polar surface area (TPSA) is 120 Å². The minimum atomic E-state index is -1.85. The predicted molar refractivity (Wildman–Crippen MR) is 68.5 cm³/mol. The number of nitrogens with two attached hydrogens (primary N) is 1. The van der Waals surface area contributed by atoms with E-state index < -0.39 is 36.3 Å². The van der Waals surface area contributed by atoms with Crippen molar-refractivity contribution in [1.82, 2.24) is 9.55 Å². The molecule has 0 radical (unpaired) electrons. The Morgan fingerprint density at radius 3 is 2.95 bits per heavy atom. The maximum absolute atomic E-state index is 11.8. The highest BCUT2D eigenvalue weighted by atomic mass is 16.6. The molecule has 0 aromatic carbocycles. The largest absolute Gasteiger partial charge is 0.394 e. The third-order valence-electron chi connectivity index (χ3n) is 3.26. The number of nitrogens with zero attached hydrogens (tertiary/aromatic N) is 2. The number of aromatic nitrogens is 2. The minimum Gasteiger partial charge on any atom is -0.394 e. The molecule has 2 rings (SSSR count). The summed E-state index contributed by atoms with van der Waals surface area (Å²) >= 11 is 0. The zero-order valence-corrected chi connectivity index (χ0v) is 10.8. The summed E-state index contributed by atoms with van der Waals surface area (Å²) in [6, 6.07) is 1.40. The van der Waals surface area contributed by atoms with Crippen molar-refractivity contribution in [3.8, 4) is 12.3 Å². The minimum absolute atomic E-state index is 0.0594. The number of hydrogen-bond donors (Lipinski definition) is 3. The summed E-state index contributed by atoms with van der Waals surface area (Å²) in [6.07, 6.45) is 3.54. The first-order valence-electron chi connectivity index (χ1n) is 5.81. The molecule has 1 aromatic heterocycles. The lowest BCUT2D eigenvalue weighted by molar-refractivity contribution is -0.0626. The smallest absolute Gasteiger partial charge is 0.351 e. The number of anilines is 1. The molecule has 20 heavy (non-hydrogen) atoms. The zero-order chi connectivity index (χ0) is 14.9. The third-order valence-corrected chi connectivity index (χ3v) is 3.26. The SMILES string of the molecule is C#C[C@@]1(O)[C@@H](CO)O[C@@H](n2ccc(N)nc2=O)[C@@H]1OC. The Bertz CT molecular complexity index is 595. The summed E-state index contributed by atoms with van der Waals surface area (Å²) < 4.78 is 11.7. The molecule has 108 valence electrons. The second kappa shape index (κ2) is 5.22. The van der Waals surface area contributed by atoms with E-state index in [1.54, 1.807) is 0 Å². The standard InChI is InChI=1S/C12H15N3O5/c1-3-12(18)7(6-16)20-10(9(12)19-2)15-5-4-8(13)14-11(15)17/h1,4-5,7,9-10,16,18H,6H2,2H3,(H2,13,14,17)/t7-,9+,10-,12-/m1/s1. The quantitative estimate of drug-likeness (QED) is 0.553. The van der Waals surface area contributed by atoms with Crippen LogP contribution >= 0.6 is 0 Å². The molecule has 0 bridgehead atoms. The maximum atomic E-state index is 11.8. The van der Waals surface area contributed by atoms with Crippen LogP contribution in [-0.4, -0.2) is 51.3 Å². The number of nitrogen functional groups attached to an aromatic ring is 1. The Morgan fingerprint density at radius 1 is 1.75 bits per heavy atom. The summed E-state index contributed by atoms with van der Waals surface area (Å²) in [6.45, 7) is -0.520. The molecule has 1 aromatic rings. The van der Waals surface area contributed by atoms with Crippen LogP contribution in [-0.2, 0) is 9.47 Å². The highest BCUT2D eigenvalue weighted by Gasteiger charge is 2.56. The van der Waals surface area contributed by atoms with Crippen LogP contribution in [0, 0.1) is 12.3 Å². The van der Waals surface area contributed by atoms with Crippen molar-refractivity contribution in [2.24, 2.45) is 0 Å². The van der Waals surface area contributed by atoms with Crippen molar-refractivity contribution in [2.75, 3.05) is 19.5 Å². The van der Waals surface area contributed by atoms with Crippen LogP contribution in [0.5, 0.6) is 0 Å². The number of terminal acetylenes is 1. The molecule has 0 aliphatic carbocycles. The molecule has 0 unspecified atom stereocenters. The van der Waals surface area contributed by atoms with Gasteiger partial charge in [0.1, 0.15) is 18.0 Å². The molecule has 2 heterocycles. The normalized spacial score (nSPS) is 33.0. The second-order valence-corrected chi connectivity index (χ2v) is 4.37. The fourth-order valence-electron chi connectivity index (χ4n) is 2.23. The average molecular weight is 281 g/mol. The lowest BCUT2D eigenvalue weighted by Gasteiger charge is -2.27. The fraction of sp³-hybridized carbons (Fsp3) is 0.500. The first-order valence-corrected chi connectivity index (χ1v) is 5.81. The van der Waals surface area contributed by atoms with Gasteiger partial charge in [0.15, 0.2) is 11.8 Å². The van der Waals surface area contributed by atoms with Gasteiger partial charge < -0.3 is 25.4 Å². The summed E-state index contributed by atoms with van der Waals surface area (Å²) in [7, 11) is 1.32. The van der Waals surface area contributed by atoms with Gasteiger partial charge in [-0.2, -0.15) is 4.98 Å². The molecule has 1 aliphatic heterocycles. The Hall–Kier alpha value is -1.92. The van der Waals surface area contributed by atoms with E-state index in [4.69, 9.17) is 21.6 Å². The van der Waals surface area contributed by atoms with Crippen LogP contribution < -0.4 is 11.4 Å². The molecule has 0 saturated carbocycles. The molecule has 8 heteroatoms. The van der Waals surface area contributed by atoms with Crippen LogP contribution in [0.1, 0.15) is 6.23 Å². The van der Waals surface area contributed by atoms with E-state index in [9.17, 15) is 15.0 Å². The second-order valence-electron chi connectivity index (χ2n) is 4.37. The first-order chi connectivity index (χ1) is 9.47. The number of aliphatic hydroxyl groups is 2. The van der Waals surface area contributed by atoms with Gasteiger partial charge in [0.2, 0.25) is 0 Å². The van der Waals surface area contributed by atoms with Gasteiger partial charge in [-0.25, -0.2) is 4.79 Å². The average Bonchev–Trinajstić information content (AvgIpc) is 2.71. The van der Waals surface area contributed by atoms with Crippen LogP contribution in [0.2, 0.25) is 0 Å². The van der Waals surface area contributed by atoms with Gasteiger partial charge in [0.05, 0.1) is 6.61 Å². The zero-order valence-electron chi connectivity index (χ0n) is 10.8. The molecule has 1 saturated heterocycles. The van der Waals surface area contributed by atoms with Crippen molar-refractivity contribution in [1.29, 1.82) is 0 Å². The van der Waals surface area contributed by atoms with Gasteiger partial charge in [-0.3, -0.25) is 4.57 Å². The number of rotatable bonds is 3. The number of aliphatic hydroxyl groups excluding tert-OH is 1. The van der Waals surface area contributed by atoms with Crippen molar-refractivity contribution < 1.29 is 19.7 Å². The molecular weight excluding hydrogens is 266 g/mol. The first kappa shape index (κ1) is 14.5. The number of hydrogen-bond acceptors (Lipinski definition) is 7. The molecule has 4 N–H and O–H groups in total. The van der Waals surface area contributed by atoms with Crippen LogP contribution in [0.25, 0.3) is 0 Å².